The maximum atomic E-state index is 10.3. The molecule has 3 aliphatic rings. The molecule has 1 saturated carbocycles. The van der Waals surface area contributed by atoms with Crippen LogP contribution in [-0.2, 0) is 0 Å². The van der Waals surface area contributed by atoms with Crippen molar-refractivity contribution < 1.29 is 5.11 Å². The Labute approximate surface area is 122 Å². The third-order valence-electron chi connectivity index (χ3n) is 4.60. The zero-order valence-corrected chi connectivity index (χ0v) is 12.9. The van der Waals surface area contributed by atoms with E-state index in [0.29, 0.717) is 16.4 Å². The number of anilines is 1. The number of hydrogen-bond donors (Lipinski definition) is 1. The maximum absolute atomic E-state index is 10.3. The molecule has 6 heteroatoms. The molecule has 3 heterocycles. The molecule has 0 radical (unpaired) electrons. The van der Waals surface area contributed by atoms with E-state index in [0.717, 1.165) is 25.2 Å². The van der Waals surface area contributed by atoms with Crippen LogP contribution in [0.15, 0.2) is 11.2 Å². The molecule has 1 aromatic heterocycles. The Morgan fingerprint density at radius 2 is 2.16 bits per heavy atom. The Kier molecular flexibility index (Phi) is 3.00. The van der Waals surface area contributed by atoms with E-state index in [-0.39, 0.29) is 5.41 Å². The standard InChI is InChI=1S/C13H18ClN3OS/c1-12(2,18)13-5-8(6-13)17(7-13)10-4-9(14)15-11(16-10)19-3/h4,8,18H,5-7H2,1-3H3. The van der Waals surface area contributed by atoms with Crippen molar-refractivity contribution in [3.05, 3.63) is 11.2 Å². The summed E-state index contributed by atoms with van der Waals surface area (Å²) in [5.41, 5.74) is -0.633. The van der Waals surface area contributed by atoms with Crippen LogP contribution >= 0.6 is 23.4 Å². The minimum atomic E-state index is -0.641. The molecule has 2 bridgehead atoms. The minimum absolute atomic E-state index is 0.00855. The van der Waals surface area contributed by atoms with Crippen molar-refractivity contribution in [2.45, 2.75) is 43.5 Å². The van der Waals surface area contributed by atoms with Crippen LogP contribution in [0.5, 0.6) is 0 Å². The molecular formula is C13H18ClN3OS. The highest BCUT2D eigenvalue weighted by molar-refractivity contribution is 7.98. The Morgan fingerprint density at radius 3 is 2.68 bits per heavy atom. The van der Waals surface area contributed by atoms with E-state index < -0.39 is 5.60 Å². The smallest absolute Gasteiger partial charge is 0.190 e. The van der Waals surface area contributed by atoms with Gasteiger partial charge in [-0.15, -0.1) is 0 Å². The number of halogens is 1. The van der Waals surface area contributed by atoms with Gasteiger partial charge in [-0.1, -0.05) is 23.4 Å². The molecule has 0 spiro atoms. The predicted octanol–water partition coefficient (Wildman–Crippen LogP) is 2.59. The molecular weight excluding hydrogens is 282 g/mol. The van der Waals surface area contributed by atoms with Crippen molar-refractivity contribution in [3.8, 4) is 0 Å². The number of fused-ring (bicyclic) bond motifs is 1. The molecule has 3 fully saturated rings. The monoisotopic (exact) mass is 299 g/mol. The molecule has 4 rings (SSSR count). The molecule has 2 aliphatic heterocycles. The van der Waals surface area contributed by atoms with Crippen LogP contribution in [0.1, 0.15) is 26.7 Å². The normalized spacial score (nSPS) is 29.5. The van der Waals surface area contributed by atoms with Gasteiger partial charge in [-0.25, -0.2) is 9.97 Å². The van der Waals surface area contributed by atoms with Gasteiger partial charge in [-0.3, -0.25) is 0 Å². The van der Waals surface area contributed by atoms with Crippen LogP contribution < -0.4 is 4.90 Å². The molecule has 0 atom stereocenters. The fraction of sp³-hybridized carbons (Fsp3) is 0.692. The first-order valence-corrected chi connectivity index (χ1v) is 8.02. The Balaban J connectivity index is 1.88. The fourth-order valence-corrected chi connectivity index (χ4v) is 3.83. The summed E-state index contributed by atoms with van der Waals surface area (Å²) < 4.78 is 0. The summed E-state index contributed by atoms with van der Waals surface area (Å²) in [4.78, 5) is 11.0. The van der Waals surface area contributed by atoms with Crippen LogP contribution in [0.25, 0.3) is 0 Å². The fourth-order valence-electron chi connectivity index (χ4n) is 3.23. The lowest BCUT2D eigenvalue weighted by atomic mass is 9.61. The number of hydrogen-bond acceptors (Lipinski definition) is 5. The van der Waals surface area contributed by atoms with E-state index >= 15 is 0 Å². The molecule has 1 aromatic rings. The number of thioether (sulfide) groups is 1. The van der Waals surface area contributed by atoms with Gasteiger partial charge in [-0.2, -0.15) is 0 Å². The van der Waals surface area contributed by atoms with Gasteiger partial charge < -0.3 is 10.0 Å². The van der Waals surface area contributed by atoms with Crippen LogP contribution in [0.4, 0.5) is 5.82 Å². The zero-order valence-electron chi connectivity index (χ0n) is 11.4. The lowest BCUT2D eigenvalue weighted by Gasteiger charge is -2.45. The van der Waals surface area contributed by atoms with Crippen molar-refractivity contribution in [1.82, 2.24) is 9.97 Å². The summed E-state index contributed by atoms with van der Waals surface area (Å²) in [6.07, 6.45) is 4.01. The van der Waals surface area contributed by atoms with Crippen LogP contribution in [-0.4, -0.2) is 39.5 Å². The molecule has 2 saturated heterocycles. The topological polar surface area (TPSA) is 49.2 Å². The number of aliphatic hydroxyl groups is 1. The lowest BCUT2D eigenvalue weighted by Crippen LogP contribution is -2.50. The van der Waals surface area contributed by atoms with E-state index in [4.69, 9.17) is 11.6 Å². The van der Waals surface area contributed by atoms with E-state index in [2.05, 4.69) is 14.9 Å². The van der Waals surface area contributed by atoms with E-state index in [1.165, 1.54) is 11.8 Å². The summed E-state index contributed by atoms with van der Waals surface area (Å²) in [7, 11) is 0. The van der Waals surface area contributed by atoms with Crippen molar-refractivity contribution in [2.24, 2.45) is 5.41 Å². The van der Waals surface area contributed by atoms with E-state index in [1.54, 1.807) is 0 Å². The van der Waals surface area contributed by atoms with E-state index in [1.807, 2.05) is 26.2 Å². The third kappa shape index (κ3) is 2.03. The van der Waals surface area contributed by atoms with Gasteiger partial charge in [0.05, 0.1) is 5.60 Å². The Bertz CT molecular complexity index is 511. The largest absolute Gasteiger partial charge is 0.390 e. The van der Waals surface area contributed by atoms with Gasteiger partial charge >= 0.3 is 0 Å². The van der Waals surface area contributed by atoms with Crippen molar-refractivity contribution >= 4 is 29.2 Å². The van der Waals surface area contributed by atoms with Crippen molar-refractivity contribution in [3.63, 3.8) is 0 Å². The van der Waals surface area contributed by atoms with Gasteiger partial charge in [0.1, 0.15) is 11.0 Å². The highest BCUT2D eigenvalue weighted by Gasteiger charge is 2.62. The average molecular weight is 300 g/mol. The lowest BCUT2D eigenvalue weighted by molar-refractivity contribution is -0.0754. The van der Waals surface area contributed by atoms with Crippen molar-refractivity contribution in [1.29, 1.82) is 0 Å². The maximum Gasteiger partial charge on any atom is 0.190 e. The number of nitrogens with zero attached hydrogens (tertiary/aromatic N) is 3. The number of rotatable bonds is 3. The summed E-state index contributed by atoms with van der Waals surface area (Å²) in [5.74, 6) is 0.887. The minimum Gasteiger partial charge on any atom is -0.390 e. The zero-order chi connectivity index (χ0) is 13.8. The Morgan fingerprint density at radius 1 is 1.47 bits per heavy atom. The SMILES string of the molecule is CSc1nc(Cl)cc(N2CC3(C(C)(C)O)CC2C3)n1. The van der Waals surface area contributed by atoms with Crippen LogP contribution in [0.3, 0.4) is 0 Å². The van der Waals surface area contributed by atoms with Crippen molar-refractivity contribution in [2.75, 3.05) is 17.7 Å². The Hall–Kier alpha value is -0.520. The molecule has 1 N–H and O–H groups in total. The van der Waals surface area contributed by atoms with Gasteiger partial charge in [0.2, 0.25) is 0 Å². The first kappa shape index (κ1) is 13.5. The highest BCUT2D eigenvalue weighted by Crippen LogP contribution is 2.58. The summed E-state index contributed by atoms with van der Waals surface area (Å²) in [6, 6.07) is 2.30. The summed E-state index contributed by atoms with van der Waals surface area (Å²) in [6.45, 7) is 4.67. The second kappa shape index (κ2) is 4.24. The van der Waals surface area contributed by atoms with Crippen LogP contribution in [0, 0.1) is 5.41 Å². The average Bonchev–Trinajstić information content (AvgIpc) is 2.82. The van der Waals surface area contributed by atoms with Gasteiger partial charge in [-0.05, 0) is 32.9 Å². The number of aromatic nitrogens is 2. The van der Waals surface area contributed by atoms with E-state index in [9.17, 15) is 5.11 Å². The third-order valence-corrected chi connectivity index (χ3v) is 5.34. The summed E-state index contributed by atoms with van der Waals surface area (Å²) in [5, 5.41) is 11.5. The summed E-state index contributed by atoms with van der Waals surface area (Å²) >= 11 is 7.55. The molecule has 104 valence electrons. The first-order valence-electron chi connectivity index (χ1n) is 6.42. The first-order chi connectivity index (χ1) is 8.84. The van der Waals surface area contributed by atoms with Gasteiger partial charge in [0.15, 0.2) is 5.16 Å². The predicted molar refractivity (Wildman–Crippen MR) is 77.9 cm³/mol. The molecule has 0 amide bonds. The molecule has 19 heavy (non-hydrogen) atoms. The second-order valence-electron chi connectivity index (χ2n) is 6.06. The second-order valence-corrected chi connectivity index (χ2v) is 7.23. The molecule has 0 aromatic carbocycles. The quantitative estimate of drug-likeness (QED) is 0.528. The highest BCUT2D eigenvalue weighted by atomic mass is 35.5. The molecule has 4 nitrogen and oxygen atoms in total. The van der Waals surface area contributed by atoms with Gasteiger partial charge in [0.25, 0.3) is 0 Å². The molecule has 0 unspecified atom stereocenters. The van der Waals surface area contributed by atoms with Gasteiger partial charge in [0, 0.05) is 24.1 Å². The molecule has 1 aliphatic carbocycles. The van der Waals surface area contributed by atoms with Crippen LogP contribution in [0.2, 0.25) is 5.15 Å².